The topological polar surface area (TPSA) is 67.4 Å². The van der Waals surface area contributed by atoms with Crippen LogP contribution in [0.2, 0.25) is 0 Å². The summed E-state index contributed by atoms with van der Waals surface area (Å²) in [5.74, 6) is 0.670. The summed E-state index contributed by atoms with van der Waals surface area (Å²) in [6.07, 6.45) is 0.957. The molecule has 0 saturated heterocycles. The zero-order valence-corrected chi connectivity index (χ0v) is 17.7. The van der Waals surface area contributed by atoms with Gasteiger partial charge in [-0.15, -0.1) is 0 Å². The molecule has 2 amide bonds. The number of carbonyl (C=O) groups excluding carboxylic acids is 2. The number of rotatable bonds is 7. The Morgan fingerprint density at radius 2 is 1.53 bits per heavy atom. The van der Waals surface area contributed by atoms with E-state index in [1.54, 1.807) is 24.3 Å². The summed E-state index contributed by atoms with van der Waals surface area (Å²) in [6, 6.07) is 21.2. The molecule has 0 saturated carbocycles. The summed E-state index contributed by atoms with van der Waals surface area (Å²) >= 11 is 0. The number of fused-ring (bicyclic) bond motifs is 1. The molecule has 30 heavy (non-hydrogen) atoms. The van der Waals surface area contributed by atoms with E-state index in [0.717, 1.165) is 16.5 Å². The molecule has 5 heteroatoms. The smallest absolute Gasteiger partial charge is 0.229 e. The van der Waals surface area contributed by atoms with Crippen molar-refractivity contribution in [3.63, 3.8) is 0 Å². The standard InChI is InChI=1S/C25H28N2O3/c1-25(2,3)24(29)27-20-12-7-11-19(17-20)26-23(28)15-8-16-30-22-14-6-10-18-9-4-5-13-21(18)22/h4-7,9-14,17H,8,15-16H2,1-3H3,(H,26,28)(H,27,29). The van der Waals surface area contributed by atoms with E-state index in [1.807, 2.05) is 63.2 Å². The Labute approximate surface area is 177 Å². The molecule has 0 aliphatic rings. The number of amides is 2. The third-order valence-corrected chi connectivity index (χ3v) is 4.64. The minimum atomic E-state index is -0.483. The van der Waals surface area contributed by atoms with Gasteiger partial charge in [-0.25, -0.2) is 0 Å². The fourth-order valence-corrected chi connectivity index (χ4v) is 2.95. The molecule has 3 aromatic carbocycles. The average Bonchev–Trinajstić information content (AvgIpc) is 2.71. The molecular weight excluding hydrogens is 376 g/mol. The normalized spacial score (nSPS) is 11.2. The lowest BCUT2D eigenvalue weighted by Crippen LogP contribution is -2.27. The maximum absolute atomic E-state index is 12.3. The molecule has 5 nitrogen and oxygen atoms in total. The first-order valence-electron chi connectivity index (χ1n) is 10.1. The molecular formula is C25H28N2O3. The van der Waals surface area contributed by atoms with E-state index in [9.17, 15) is 9.59 Å². The maximum atomic E-state index is 12.3. The third-order valence-electron chi connectivity index (χ3n) is 4.64. The van der Waals surface area contributed by atoms with Crippen molar-refractivity contribution in [3.8, 4) is 5.75 Å². The second-order valence-electron chi connectivity index (χ2n) is 8.26. The molecule has 156 valence electrons. The first-order chi connectivity index (χ1) is 14.3. The molecule has 0 heterocycles. The van der Waals surface area contributed by atoms with Gasteiger partial charge in [-0.3, -0.25) is 9.59 Å². The van der Waals surface area contributed by atoms with Crippen LogP contribution in [0.5, 0.6) is 5.75 Å². The zero-order valence-electron chi connectivity index (χ0n) is 17.7. The summed E-state index contributed by atoms with van der Waals surface area (Å²) in [6.45, 7) is 6.03. The van der Waals surface area contributed by atoms with Crippen LogP contribution < -0.4 is 15.4 Å². The molecule has 0 aliphatic carbocycles. The number of carbonyl (C=O) groups is 2. The van der Waals surface area contributed by atoms with Crippen molar-refractivity contribution in [3.05, 3.63) is 66.7 Å². The van der Waals surface area contributed by atoms with Gasteiger partial charge in [-0.05, 0) is 36.1 Å². The highest BCUT2D eigenvalue weighted by molar-refractivity contribution is 5.96. The Hall–Kier alpha value is -3.34. The van der Waals surface area contributed by atoms with Crippen molar-refractivity contribution in [1.82, 2.24) is 0 Å². The highest BCUT2D eigenvalue weighted by Crippen LogP contribution is 2.25. The number of nitrogens with one attached hydrogen (secondary N) is 2. The van der Waals surface area contributed by atoms with Crippen LogP contribution in [0, 0.1) is 5.41 Å². The number of hydrogen-bond acceptors (Lipinski definition) is 3. The molecule has 3 aromatic rings. The van der Waals surface area contributed by atoms with E-state index in [1.165, 1.54) is 0 Å². The van der Waals surface area contributed by atoms with Gasteiger partial charge < -0.3 is 15.4 Å². The monoisotopic (exact) mass is 404 g/mol. The third kappa shape index (κ3) is 5.83. The van der Waals surface area contributed by atoms with Crippen LogP contribution in [0.1, 0.15) is 33.6 Å². The molecule has 0 atom stereocenters. The molecule has 0 spiro atoms. The quantitative estimate of drug-likeness (QED) is 0.502. The Kier molecular flexibility index (Phi) is 6.72. The fourth-order valence-electron chi connectivity index (χ4n) is 2.95. The summed E-state index contributed by atoms with van der Waals surface area (Å²) in [7, 11) is 0. The summed E-state index contributed by atoms with van der Waals surface area (Å²) in [5.41, 5.74) is 0.831. The van der Waals surface area contributed by atoms with Crippen molar-refractivity contribution in [2.75, 3.05) is 17.2 Å². The predicted molar refractivity (Wildman–Crippen MR) is 122 cm³/mol. The van der Waals surface area contributed by atoms with E-state index >= 15 is 0 Å². The lowest BCUT2D eigenvalue weighted by atomic mass is 9.95. The first-order valence-corrected chi connectivity index (χ1v) is 10.1. The molecule has 3 rings (SSSR count). The van der Waals surface area contributed by atoms with Crippen LogP contribution >= 0.6 is 0 Å². The van der Waals surface area contributed by atoms with Crippen molar-refractivity contribution in [2.45, 2.75) is 33.6 Å². The molecule has 0 radical (unpaired) electrons. The number of benzene rings is 3. The summed E-state index contributed by atoms with van der Waals surface area (Å²) in [5, 5.41) is 7.95. The van der Waals surface area contributed by atoms with Crippen LogP contribution in [-0.2, 0) is 9.59 Å². The SMILES string of the molecule is CC(C)(C)C(=O)Nc1cccc(NC(=O)CCCOc2cccc3ccccc23)c1. The van der Waals surface area contributed by atoms with Gasteiger partial charge in [0.25, 0.3) is 0 Å². The fraction of sp³-hybridized carbons (Fsp3) is 0.280. The minimum absolute atomic E-state index is 0.0726. The second kappa shape index (κ2) is 9.44. The first kappa shape index (κ1) is 21.4. The minimum Gasteiger partial charge on any atom is -0.493 e. The molecule has 0 aliphatic heterocycles. The van der Waals surface area contributed by atoms with Gasteiger partial charge >= 0.3 is 0 Å². The maximum Gasteiger partial charge on any atom is 0.229 e. The average molecular weight is 405 g/mol. The van der Waals surface area contributed by atoms with Crippen molar-refractivity contribution in [2.24, 2.45) is 5.41 Å². The van der Waals surface area contributed by atoms with Crippen LogP contribution in [0.4, 0.5) is 11.4 Å². The highest BCUT2D eigenvalue weighted by atomic mass is 16.5. The molecule has 0 fully saturated rings. The second-order valence-corrected chi connectivity index (χ2v) is 8.26. The molecule has 2 N–H and O–H groups in total. The largest absolute Gasteiger partial charge is 0.493 e. The number of ether oxygens (including phenoxy) is 1. The van der Waals surface area contributed by atoms with E-state index in [4.69, 9.17) is 4.74 Å². The number of hydrogen-bond donors (Lipinski definition) is 2. The van der Waals surface area contributed by atoms with E-state index in [2.05, 4.69) is 10.6 Å². The van der Waals surface area contributed by atoms with E-state index in [-0.39, 0.29) is 11.8 Å². The van der Waals surface area contributed by atoms with Gasteiger partial charge in [0.1, 0.15) is 5.75 Å². The summed E-state index contributed by atoms with van der Waals surface area (Å²) in [4.78, 5) is 24.4. The van der Waals surface area contributed by atoms with Crippen LogP contribution in [0.15, 0.2) is 66.7 Å². The Balaban J connectivity index is 1.48. The summed E-state index contributed by atoms with van der Waals surface area (Å²) < 4.78 is 5.89. The lowest BCUT2D eigenvalue weighted by Gasteiger charge is -2.18. The lowest BCUT2D eigenvalue weighted by molar-refractivity contribution is -0.123. The van der Waals surface area contributed by atoms with Crippen molar-refractivity contribution < 1.29 is 14.3 Å². The molecule has 0 aromatic heterocycles. The van der Waals surface area contributed by atoms with Gasteiger partial charge in [0, 0.05) is 28.6 Å². The Morgan fingerprint density at radius 1 is 0.867 bits per heavy atom. The van der Waals surface area contributed by atoms with Crippen LogP contribution in [0.25, 0.3) is 10.8 Å². The molecule has 0 unspecified atom stereocenters. The van der Waals surface area contributed by atoms with E-state index < -0.39 is 5.41 Å². The van der Waals surface area contributed by atoms with Gasteiger partial charge in [-0.1, -0.05) is 63.2 Å². The van der Waals surface area contributed by atoms with Crippen LogP contribution in [0.3, 0.4) is 0 Å². The van der Waals surface area contributed by atoms with Crippen molar-refractivity contribution in [1.29, 1.82) is 0 Å². The van der Waals surface area contributed by atoms with Crippen LogP contribution in [-0.4, -0.2) is 18.4 Å². The van der Waals surface area contributed by atoms with Gasteiger partial charge in [0.05, 0.1) is 6.61 Å². The number of anilines is 2. The zero-order chi connectivity index (χ0) is 21.6. The van der Waals surface area contributed by atoms with Gasteiger partial charge in [-0.2, -0.15) is 0 Å². The molecule has 0 bridgehead atoms. The van der Waals surface area contributed by atoms with Crippen molar-refractivity contribution >= 4 is 34.0 Å². The van der Waals surface area contributed by atoms with Gasteiger partial charge in [0.15, 0.2) is 0 Å². The predicted octanol–water partition coefficient (Wildman–Crippen LogP) is 5.62. The highest BCUT2D eigenvalue weighted by Gasteiger charge is 2.21. The Morgan fingerprint density at radius 3 is 2.30 bits per heavy atom. The van der Waals surface area contributed by atoms with Gasteiger partial charge in [0.2, 0.25) is 11.8 Å². The van der Waals surface area contributed by atoms with E-state index in [0.29, 0.717) is 30.8 Å². The Bertz CT molecular complexity index is 1030.